The van der Waals surface area contributed by atoms with Crippen LogP contribution in [0.3, 0.4) is 0 Å². The summed E-state index contributed by atoms with van der Waals surface area (Å²) in [5, 5.41) is 19.5. The highest BCUT2D eigenvalue weighted by atomic mass is 16.5. The monoisotopic (exact) mass is 401 g/mol. The lowest BCUT2D eigenvalue weighted by Gasteiger charge is -2.12. The molecule has 3 aromatic rings. The highest BCUT2D eigenvalue weighted by molar-refractivity contribution is 5.96. The zero-order valence-corrected chi connectivity index (χ0v) is 16.2. The lowest BCUT2D eigenvalue weighted by Crippen LogP contribution is -2.29. The number of anilines is 1. The van der Waals surface area contributed by atoms with Crippen molar-refractivity contribution in [3.05, 3.63) is 83.7 Å². The molecule has 0 saturated heterocycles. The Hall–Kier alpha value is -4.25. The highest BCUT2D eigenvalue weighted by Crippen LogP contribution is 2.11. The SMILES string of the molecule is C[C@H](OC(=O)/C=C/c1cn(Cc2ccccc2)nn1)C(=O)Nc1cccc(C#N)c1. The number of nitrogens with zero attached hydrogens (tertiary/aromatic N) is 4. The van der Waals surface area contributed by atoms with Crippen molar-refractivity contribution in [2.45, 2.75) is 19.6 Å². The topological polar surface area (TPSA) is 110 Å². The van der Waals surface area contributed by atoms with Crippen LogP contribution in [0, 0.1) is 11.3 Å². The Kier molecular flexibility index (Phi) is 6.69. The van der Waals surface area contributed by atoms with E-state index in [0.29, 0.717) is 23.5 Å². The third-order valence-electron chi connectivity index (χ3n) is 4.06. The quantitative estimate of drug-likeness (QED) is 0.481. The van der Waals surface area contributed by atoms with Crippen LogP contribution in [0.5, 0.6) is 0 Å². The third-order valence-corrected chi connectivity index (χ3v) is 4.06. The number of carbonyl (C=O) groups is 2. The summed E-state index contributed by atoms with van der Waals surface area (Å²) >= 11 is 0. The first-order valence-electron chi connectivity index (χ1n) is 9.17. The van der Waals surface area contributed by atoms with Gasteiger partial charge in [-0.05, 0) is 36.8 Å². The molecule has 0 bridgehead atoms. The Morgan fingerprint density at radius 3 is 2.80 bits per heavy atom. The van der Waals surface area contributed by atoms with E-state index in [1.54, 1.807) is 29.1 Å². The molecular formula is C22H19N5O3. The molecule has 0 spiro atoms. The maximum atomic E-state index is 12.2. The molecule has 0 aliphatic heterocycles. The van der Waals surface area contributed by atoms with Crippen LogP contribution in [0.15, 0.2) is 66.9 Å². The minimum atomic E-state index is -1.01. The van der Waals surface area contributed by atoms with E-state index >= 15 is 0 Å². The maximum absolute atomic E-state index is 12.2. The first kappa shape index (κ1) is 20.5. The molecule has 8 heteroatoms. The smallest absolute Gasteiger partial charge is 0.331 e. The van der Waals surface area contributed by atoms with E-state index in [4.69, 9.17) is 10.00 Å². The summed E-state index contributed by atoms with van der Waals surface area (Å²) in [5.74, 6) is -1.18. The fraction of sp³-hybridized carbons (Fsp3) is 0.136. The van der Waals surface area contributed by atoms with Crippen molar-refractivity contribution in [3.8, 4) is 6.07 Å². The van der Waals surface area contributed by atoms with Gasteiger partial charge >= 0.3 is 5.97 Å². The Morgan fingerprint density at radius 2 is 2.03 bits per heavy atom. The molecule has 1 atom stereocenters. The molecule has 0 saturated carbocycles. The fourth-order valence-electron chi connectivity index (χ4n) is 2.57. The molecule has 0 fully saturated rings. The van der Waals surface area contributed by atoms with E-state index < -0.39 is 18.0 Å². The van der Waals surface area contributed by atoms with Crippen molar-refractivity contribution in [2.24, 2.45) is 0 Å². The molecule has 0 unspecified atom stereocenters. The second-order valence-electron chi connectivity index (χ2n) is 6.42. The van der Waals surface area contributed by atoms with Crippen LogP contribution in [0.4, 0.5) is 5.69 Å². The number of benzene rings is 2. The second-order valence-corrected chi connectivity index (χ2v) is 6.42. The van der Waals surface area contributed by atoms with Gasteiger partial charge in [0.15, 0.2) is 6.10 Å². The van der Waals surface area contributed by atoms with Crippen molar-refractivity contribution in [1.82, 2.24) is 15.0 Å². The Labute approximate surface area is 173 Å². The molecule has 0 aliphatic carbocycles. The van der Waals surface area contributed by atoms with Gasteiger partial charge in [-0.1, -0.05) is 41.6 Å². The van der Waals surface area contributed by atoms with Gasteiger partial charge in [0, 0.05) is 11.8 Å². The molecule has 1 N–H and O–H groups in total. The van der Waals surface area contributed by atoms with Gasteiger partial charge in [0.1, 0.15) is 5.69 Å². The molecule has 1 heterocycles. The van der Waals surface area contributed by atoms with Gasteiger partial charge in [-0.2, -0.15) is 5.26 Å². The second kappa shape index (κ2) is 9.80. The molecule has 0 aliphatic rings. The van der Waals surface area contributed by atoms with E-state index in [1.807, 2.05) is 36.4 Å². The number of nitriles is 1. The van der Waals surface area contributed by atoms with E-state index in [1.165, 1.54) is 25.1 Å². The predicted molar refractivity (Wildman–Crippen MR) is 110 cm³/mol. The molecule has 30 heavy (non-hydrogen) atoms. The highest BCUT2D eigenvalue weighted by Gasteiger charge is 2.17. The van der Waals surface area contributed by atoms with Crippen LogP contribution < -0.4 is 5.32 Å². The Balaban J connectivity index is 1.51. The minimum Gasteiger partial charge on any atom is -0.449 e. The number of hydrogen-bond acceptors (Lipinski definition) is 6. The summed E-state index contributed by atoms with van der Waals surface area (Å²) in [6, 6.07) is 18.2. The number of esters is 1. The lowest BCUT2D eigenvalue weighted by molar-refractivity contribution is -0.148. The fourth-order valence-corrected chi connectivity index (χ4v) is 2.57. The molecule has 0 radical (unpaired) electrons. The Bertz CT molecular complexity index is 1100. The largest absolute Gasteiger partial charge is 0.449 e. The van der Waals surface area contributed by atoms with Crippen molar-refractivity contribution in [1.29, 1.82) is 5.26 Å². The van der Waals surface area contributed by atoms with E-state index in [0.717, 1.165) is 5.56 Å². The van der Waals surface area contributed by atoms with Crippen molar-refractivity contribution in [2.75, 3.05) is 5.32 Å². The van der Waals surface area contributed by atoms with Gasteiger partial charge < -0.3 is 10.1 Å². The average molecular weight is 401 g/mol. The number of nitrogens with one attached hydrogen (secondary N) is 1. The minimum absolute atomic E-state index is 0.417. The number of carbonyl (C=O) groups excluding carboxylic acids is 2. The van der Waals surface area contributed by atoms with Crippen LogP contribution in [0.2, 0.25) is 0 Å². The molecule has 2 aromatic carbocycles. The van der Waals surface area contributed by atoms with Crippen molar-refractivity contribution < 1.29 is 14.3 Å². The van der Waals surface area contributed by atoms with Gasteiger partial charge in [0.2, 0.25) is 0 Å². The summed E-state index contributed by atoms with van der Waals surface area (Å²) in [6.07, 6.45) is 3.35. The van der Waals surface area contributed by atoms with E-state index in [2.05, 4.69) is 15.6 Å². The third kappa shape index (κ3) is 5.87. The van der Waals surface area contributed by atoms with Crippen LogP contribution in [0.1, 0.15) is 23.7 Å². The van der Waals surface area contributed by atoms with Crippen molar-refractivity contribution in [3.63, 3.8) is 0 Å². The van der Waals surface area contributed by atoms with E-state index in [-0.39, 0.29) is 0 Å². The van der Waals surface area contributed by atoms with Crippen LogP contribution in [-0.2, 0) is 20.9 Å². The first-order valence-corrected chi connectivity index (χ1v) is 9.17. The number of rotatable bonds is 7. The van der Waals surface area contributed by atoms with Crippen LogP contribution >= 0.6 is 0 Å². The zero-order chi connectivity index (χ0) is 21.3. The van der Waals surface area contributed by atoms with E-state index in [9.17, 15) is 9.59 Å². The van der Waals surface area contributed by atoms with Gasteiger partial charge in [-0.25, -0.2) is 9.48 Å². The Morgan fingerprint density at radius 1 is 1.23 bits per heavy atom. The standard InChI is InChI=1S/C22H19N5O3/c1-16(22(29)24-19-9-5-8-18(12-19)13-23)30-21(28)11-10-20-15-27(26-25-20)14-17-6-3-2-4-7-17/h2-12,15-16H,14H2,1H3,(H,24,29)/b11-10+/t16-/m0/s1. The molecule has 1 aromatic heterocycles. The van der Waals surface area contributed by atoms with Gasteiger partial charge in [-0.3, -0.25) is 4.79 Å². The molecule has 150 valence electrons. The molecular weight excluding hydrogens is 382 g/mol. The van der Waals surface area contributed by atoms with Crippen molar-refractivity contribution >= 4 is 23.6 Å². The van der Waals surface area contributed by atoms with Gasteiger partial charge in [0.05, 0.1) is 24.4 Å². The van der Waals surface area contributed by atoms with Crippen LogP contribution in [-0.4, -0.2) is 33.0 Å². The molecule has 3 rings (SSSR count). The average Bonchev–Trinajstić information content (AvgIpc) is 3.20. The summed E-state index contributed by atoms with van der Waals surface area (Å²) < 4.78 is 6.77. The number of aromatic nitrogens is 3. The molecule has 8 nitrogen and oxygen atoms in total. The van der Waals surface area contributed by atoms with Gasteiger partial charge in [-0.15, -0.1) is 5.10 Å². The maximum Gasteiger partial charge on any atom is 0.331 e. The summed E-state index contributed by atoms with van der Waals surface area (Å²) in [7, 11) is 0. The van der Waals surface area contributed by atoms with Gasteiger partial charge in [0.25, 0.3) is 5.91 Å². The summed E-state index contributed by atoms with van der Waals surface area (Å²) in [4.78, 5) is 24.2. The lowest BCUT2D eigenvalue weighted by atomic mass is 10.2. The number of amides is 1. The number of ether oxygens (including phenoxy) is 1. The summed E-state index contributed by atoms with van der Waals surface area (Å²) in [6.45, 7) is 2.03. The predicted octanol–water partition coefficient (Wildman–Crippen LogP) is 2.78. The normalized spacial score (nSPS) is 11.6. The first-order chi connectivity index (χ1) is 14.5. The number of hydrogen-bond donors (Lipinski definition) is 1. The van der Waals surface area contributed by atoms with Crippen LogP contribution in [0.25, 0.3) is 6.08 Å². The zero-order valence-electron chi connectivity index (χ0n) is 16.2. The molecule has 1 amide bonds. The summed E-state index contributed by atoms with van der Waals surface area (Å²) in [5.41, 5.74) is 2.44.